The van der Waals surface area contributed by atoms with E-state index in [0.29, 0.717) is 11.7 Å². The molecule has 0 unspecified atom stereocenters. The number of halogens is 1. The number of phenols is 1. The molecular formula is C16H26BrN3O. The topological polar surface area (TPSA) is 56.3 Å². The van der Waals surface area contributed by atoms with Crippen LogP contribution in [0.2, 0.25) is 0 Å². The average molecular weight is 356 g/mol. The number of phenolic OH excluding ortho intramolecular Hbond substituents is 1. The zero-order valence-electron chi connectivity index (χ0n) is 12.5. The molecule has 1 aromatic carbocycles. The predicted molar refractivity (Wildman–Crippen MR) is 90.8 cm³/mol. The van der Waals surface area contributed by atoms with E-state index in [1.54, 1.807) is 6.07 Å². The second kappa shape index (κ2) is 9.41. The molecule has 4 N–H and O–H groups in total. The van der Waals surface area contributed by atoms with Gasteiger partial charge in [0, 0.05) is 4.47 Å². The van der Waals surface area contributed by atoms with E-state index in [1.165, 1.54) is 12.8 Å². The molecule has 5 heteroatoms. The molecule has 0 spiro atoms. The minimum atomic E-state index is 0.397. The molecule has 1 heterocycles. The molecule has 0 aromatic heterocycles. The maximum atomic E-state index is 10.0. The lowest BCUT2D eigenvalue weighted by Crippen LogP contribution is -2.36. The minimum absolute atomic E-state index is 0.397. The fraction of sp³-hybridized carbons (Fsp3) is 0.625. The highest BCUT2D eigenvalue weighted by Crippen LogP contribution is 2.24. The van der Waals surface area contributed by atoms with Crippen LogP contribution in [-0.2, 0) is 6.42 Å². The molecule has 1 saturated heterocycles. The Kier molecular flexibility index (Phi) is 7.50. The van der Waals surface area contributed by atoms with Crippen LogP contribution in [0.4, 0.5) is 0 Å². The van der Waals surface area contributed by atoms with E-state index in [1.807, 2.05) is 12.1 Å². The molecule has 2 rings (SSSR count). The van der Waals surface area contributed by atoms with E-state index in [4.69, 9.17) is 0 Å². The fourth-order valence-corrected chi connectivity index (χ4v) is 3.07. The van der Waals surface area contributed by atoms with Crippen molar-refractivity contribution in [2.45, 2.75) is 19.3 Å². The van der Waals surface area contributed by atoms with Crippen LogP contribution in [0.25, 0.3) is 0 Å². The summed E-state index contributed by atoms with van der Waals surface area (Å²) in [6.07, 6.45) is 3.23. The lowest BCUT2D eigenvalue weighted by atomic mass is 9.98. The minimum Gasteiger partial charge on any atom is -0.508 e. The van der Waals surface area contributed by atoms with Gasteiger partial charge < -0.3 is 21.1 Å². The number of nitrogens with one attached hydrogen (secondary N) is 3. The third-order valence-electron chi connectivity index (χ3n) is 3.83. The molecule has 4 nitrogen and oxygen atoms in total. The van der Waals surface area contributed by atoms with Crippen molar-refractivity contribution < 1.29 is 5.11 Å². The Balaban J connectivity index is 1.92. The molecule has 1 aliphatic heterocycles. The van der Waals surface area contributed by atoms with Crippen LogP contribution in [0.1, 0.15) is 18.4 Å². The van der Waals surface area contributed by atoms with E-state index in [0.717, 1.165) is 55.7 Å². The van der Waals surface area contributed by atoms with Gasteiger partial charge in [0.05, 0.1) is 0 Å². The van der Waals surface area contributed by atoms with E-state index < -0.39 is 0 Å². The van der Waals surface area contributed by atoms with E-state index in [-0.39, 0.29) is 0 Å². The molecular weight excluding hydrogens is 330 g/mol. The first-order valence-corrected chi connectivity index (χ1v) is 8.64. The van der Waals surface area contributed by atoms with Gasteiger partial charge in [-0.15, -0.1) is 0 Å². The van der Waals surface area contributed by atoms with Gasteiger partial charge in [-0.1, -0.05) is 15.9 Å². The second-order valence-electron chi connectivity index (χ2n) is 5.71. The highest BCUT2D eigenvalue weighted by atomic mass is 79.9. The van der Waals surface area contributed by atoms with Crippen molar-refractivity contribution in [1.29, 1.82) is 0 Å². The maximum absolute atomic E-state index is 10.0. The van der Waals surface area contributed by atoms with Crippen molar-refractivity contribution in [1.82, 2.24) is 16.0 Å². The van der Waals surface area contributed by atoms with E-state index in [9.17, 15) is 5.11 Å². The van der Waals surface area contributed by atoms with Crippen molar-refractivity contribution in [3.63, 3.8) is 0 Å². The number of hydrogen-bond donors (Lipinski definition) is 4. The number of rotatable bonds is 2. The summed E-state index contributed by atoms with van der Waals surface area (Å²) in [5.74, 6) is 0.895. The lowest BCUT2D eigenvalue weighted by molar-refractivity contribution is 0.412. The van der Waals surface area contributed by atoms with Gasteiger partial charge in [0.15, 0.2) is 0 Å². The monoisotopic (exact) mass is 355 g/mol. The van der Waals surface area contributed by atoms with E-state index in [2.05, 4.69) is 31.9 Å². The predicted octanol–water partition coefficient (Wildman–Crippen LogP) is 1.88. The molecule has 118 valence electrons. The van der Waals surface area contributed by atoms with Gasteiger partial charge in [-0.25, -0.2) is 0 Å². The van der Waals surface area contributed by atoms with Crippen LogP contribution in [0, 0.1) is 5.92 Å². The van der Waals surface area contributed by atoms with Gasteiger partial charge in [-0.3, -0.25) is 0 Å². The Morgan fingerprint density at radius 1 is 1.00 bits per heavy atom. The summed E-state index contributed by atoms with van der Waals surface area (Å²) in [7, 11) is 0. The molecule has 0 saturated carbocycles. The van der Waals surface area contributed by atoms with Crippen LogP contribution in [0.3, 0.4) is 0 Å². The van der Waals surface area contributed by atoms with Gasteiger partial charge >= 0.3 is 0 Å². The Hall–Kier alpha value is -0.620. The fourth-order valence-electron chi connectivity index (χ4n) is 2.66. The Morgan fingerprint density at radius 3 is 2.29 bits per heavy atom. The first kappa shape index (κ1) is 16.7. The Morgan fingerprint density at radius 2 is 1.62 bits per heavy atom. The second-order valence-corrected chi connectivity index (χ2v) is 6.62. The highest BCUT2D eigenvalue weighted by molar-refractivity contribution is 9.10. The number of hydrogen-bond acceptors (Lipinski definition) is 4. The molecule has 0 amide bonds. The summed E-state index contributed by atoms with van der Waals surface area (Å²) in [4.78, 5) is 0. The summed E-state index contributed by atoms with van der Waals surface area (Å²) in [6, 6.07) is 5.67. The lowest BCUT2D eigenvalue weighted by Gasteiger charge is -2.20. The normalized spacial score (nSPS) is 19.7. The molecule has 1 fully saturated rings. The molecule has 21 heavy (non-hydrogen) atoms. The maximum Gasteiger partial charge on any atom is 0.118 e. The smallest absolute Gasteiger partial charge is 0.118 e. The molecule has 0 aliphatic carbocycles. The van der Waals surface area contributed by atoms with Crippen molar-refractivity contribution in [2.75, 3.05) is 39.3 Å². The summed E-state index contributed by atoms with van der Waals surface area (Å²) in [5, 5.41) is 20.5. The van der Waals surface area contributed by atoms with Crippen LogP contribution in [0.5, 0.6) is 5.75 Å². The van der Waals surface area contributed by atoms with Crippen LogP contribution < -0.4 is 16.0 Å². The first-order valence-electron chi connectivity index (χ1n) is 7.85. The zero-order chi connectivity index (χ0) is 14.9. The van der Waals surface area contributed by atoms with Crippen LogP contribution in [-0.4, -0.2) is 44.4 Å². The van der Waals surface area contributed by atoms with Crippen LogP contribution in [0.15, 0.2) is 22.7 Å². The molecule has 0 bridgehead atoms. The van der Waals surface area contributed by atoms with Crippen LogP contribution >= 0.6 is 15.9 Å². The van der Waals surface area contributed by atoms with Gasteiger partial charge in [0.1, 0.15) is 5.75 Å². The zero-order valence-corrected chi connectivity index (χ0v) is 14.1. The highest BCUT2D eigenvalue weighted by Gasteiger charge is 2.12. The van der Waals surface area contributed by atoms with Crippen molar-refractivity contribution in [2.24, 2.45) is 5.92 Å². The largest absolute Gasteiger partial charge is 0.508 e. The summed E-state index contributed by atoms with van der Waals surface area (Å²) < 4.78 is 1.02. The van der Waals surface area contributed by atoms with Gasteiger partial charge in [-0.2, -0.15) is 0 Å². The molecule has 1 aliphatic rings. The summed E-state index contributed by atoms with van der Waals surface area (Å²) in [5.41, 5.74) is 1.02. The van der Waals surface area contributed by atoms with Crippen molar-refractivity contribution >= 4 is 15.9 Å². The summed E-state index contributed by atoms with van der Waals surface area (Å²) in [6.45, 7) is 6.24. The standard InChI is InChI=1S/C16H26BrN3O/c17-15-3-4-16(21)14(10-15)9-13-11-19-7-1-5-18-6-2-8-20-12-13/h3-4,10,13,18-21H,1-2,5-9,11-12H2. The molecule has 0 radical (unpaired) electrons. The van der Waals surface area contributed by atoms with Gasteiger partial charge in [-0.05, 0) is 88.2 Å². The number of benzene rings is 1. The van der Waals surface area contributed by atoms with Gasteiger partial charge in [0.2, 0.25) is 0 Å². The third-order valence-corrected chi connectivity index (χ3v) is 4.32. The van der Waals surface area contributed by atoms with Crippen molar-refractivity contribution in [3.8, 4) is 5.75 Å². The first-order chi connectivity index (χ1) is 10.3. The molecule has 0 atom stereocenters. The average Bonchev–Trinajstić information content (AvgIpc) is 2.45. The Bertz CT molecular complexity index is 416. The van der Waals surface area contributed by atoms with Gasteiger partial charge in [0.25, 0.3) is 0 Å². The quantitative estimate of drug-likeness (QED) is 0.654. The molecule has 1 aromatic rings. The van der Waals surface area contributed by atoms with E-state index >= 15 is 0 Å². The Labute approximate surface area is 135 Å². The number of aromatic hydroxyl groups is 1. The third kappa shape index (κ3) is 6.34. The SMILES string of the molecule is Oc1ccc(Br)cc1CC1CNCCCNCCCNC1. The van der Waals surface area contributed by atoms with Crippen molar-refractivity contribution in [3.05, 3.63) is 28.2 Å². The summed E-state index contributed by atoms with van der Waals surface area (Å²) >= 11 is 3.48.